The van der Waals surface area contributed by atoms with Crippen LogP contribution in [0.15, 0.2) is 48.7 Å². The lowest BCUT2D eigenvalue weighted by Gasteiger charge is -2.15. The van der Waals surface area contributed by atoms with Crippen molar-refractivity contribution in [3.8, 4) is 5.75 Å². The minimum Gasteiger partial charge on any atom is -0.492 e. The quantitative estimate of drug-likeness (QED) is 0.794. The Labute approximate surface area is 122 Å². The normalized spacial score (nSPS) is 11.7. The molecule has 20 heavy (non-hydrogen) atoms. The zero-order chi connectivity index (χ0) is 14.4. The van der Waals surface area contributed by atoms with Gasteiger partial charge in [-0.05, 0) is 30.3 Å². The SMILES string of the molecule is COC(=O)C(COc1cccc(Cl)c1)c1ccccn1. The van der Waals surface area contributed by atoms with Crippen molar-refractivity contribution < 1.29 is 14.3 Å². The molecule has 0 radical (unpaired) electrons. The molecule has 0 N–H and O–H groups in total. The van der Waals surface area contributed by atoms with E-state index in [0.29, 0.717) is 16.5 Å². The average Bonchev–Trinajstić information content (AvgIpc) is 2.48. The number of hydrogen-bond donors (Lipinski definition) is 0. The summed E-state index contributed by atoms with van der Waals surface area (Å²) in [7, 11) is 1.34. The summed E-state index contributed by atoms with van der Waals surface area (Å²) in [6.07, 6.45) is 1.63. The summed E-state index contributed by atoms with van der Waals surface area (Å²) in [5.74, 6) is -0.353. The van der Waals surface area contributed by atoms with E-state index in [1.807, 2.05) is 6.07 Å². The van der Waals surface area contributed by atoms with Crippen LogP contribution in [-0.2, 0) is 9.53 Å². The van der Waals surface area contributed by atoms with Crippen LogP contribution in [0.2, 0.25) is 5.02 Å². The molecule has 0 spiro atoms. The van der Waals surface area contributed by atoms with Crippen LogP contribution < -0.4 is 4.74 Å². The molecular weight excluding hydrogens is 278 g/mol. The van der Waals surface area contributed by atoms with Gasteiger partial charge in [-0.2, -0.15) is 0 Å². The van der Waals surface area contributed by atoms with Crippen LogP contribution in [0.4, 0.5) is 0 Å². The van der Waals surface area contributed by atoms with Crippen LogP contribution in [0.3, 0.4) is 0 Å². The van der Waals surface area contributed by atoms with E-state index in [1.165, 1.54) is 7.11 Å². The van der Waals surface area contributed by atoms with E-state index >= 15 is 0 Å². The first-order valence-corrected chi connectivity index (χ1v) is 6.45. The third-order valence-electron chi connectivity index (χ3n) is 2.74. The molecule has 2 rings (SSSR count). The van der Waals surface area contributed by atoms with Crippen LogP contribution in [0.5, 0.6) is 5.75 Å². The maximum absolute atomic E-state index is 11.8. The number of ether oxygens (including phenoxy) is 2. The molecular formula is C15H14ClNO3. The standard InChI is InChI=1S/C15H14ClNO3/c1-19-15(18)13(14-7-2-3-8-17-14)10-20-12-6-4-5-11(16)9-12/h2-9,13H,10H2,1H3. The van der Waals surface area contributed by atoms with Gasteiger partial charge in [-0.3, -0.25) is 9.78 Å². The summed E-state index contributed by atoms with van der Waals surface area (Å²) in [4.78, 5) is 16.0. The number of pyridine rings is 1. The van der Waals surface area contributed by atoms with E-state index in [1.54, 1.807) is 42.6 Å². The zero-order valence-corrected chi connectivity index (χ0v) is 11.7. The third kappa shape index (κ3) is 3.71. The van der Waals surface area contributed by atoms with Crippen LogP contribution in [0, 0.1) is 0 Å². The van der Waals surface area contributed by atoms with Gasteiger partial charge in [-0.25, -0.2) is 0 Å². The molecule has 1 aromatic heterocycles. The lowest BCUT2D eigenvalue weighted by Crippen LogP contribution is -2.22. The number of halogens is 1. The molecule has 0 aliphatic carbocycles. The number of benzene rings is 1. The zero-order valence-electron chi connectivity index (χ0n) is 11.0. The number of methoxy groups -OCH3 is 1. The number of hydrogen-bond acceptors (Lipinski definition) is 4. The average molecular weight is 292 g/mol. The number of carbonyl (C=O) groups excluding carboxylic acids is 1. The molecule has 0 fully saturated rings. The summed E-state index contributed by atoms with van der Waals surface area (Å²) >= 11 is 5.88. The van der Waals surface area contributed by atoms with E-state index in [4.69, 9.17) is 21.1 Å². The van der Waals surface area contributed by atoms with Gasteiger partial charge in [-0.1, -0.05) is 23.7 Å². The largest absolute Gasteiger partial charge is 0.492 e. The van der Waals surface area contributed by atoms with Crippen LogP contribution in [0.1, 0.15) is 11.6 Å². The van der Waals surface area contributed by atoms with Crippen molar-refractivity contribution in [2.45, 2.75) is 5.92 Å². The minimum absolute atomic E-state index is 0.143. The van der Waals surface area contributed by atoms with Gasteiger partial charge in [0.25, 0.3) is 0 Å². The van der Waals surface area contributed by atoms with E-state index < -0.39 is 5.92 Å². The topological polar surface area (TPSA) is 48.4 Å². The van der Waals surface area contributed by atoms with Gasteiger partial charge in [0.2, 0.25) is 0 Å². The molecule has 1 atom stereocenters. The molecule has 4 nitrogen and oxygen atoms in total. The van der Waals surface area contributed by atoms with Gasteiger partial charge < -0.3 is 9.47 Å². The minimum atomic E-state index is -0.569. The van der Waals surface area contributed by atoms with E-state index in [0.717, 1.165) is 0 Å². The monoisotopic (exact) mass is 291 g/mol. The van der Waals surface area contributed by atoms with Crippen LogP contribution in [-0.4, -0.2) is 24.7 Å². The first-order valence-electron chi connectivity index (χ1n) is 6.08. The second-order valence-corrected chi connectivity index (χ2v) is 4.54. The predicted octanol–water partition coefficient (Wildman–Crippen LogP) is 3.07. The second-order valence-electron chi connectivity index (χ2n) is 4.10. The number of esters is 1. The van der Waals surface area contributed by atoms with Crippen molar-refractivity contribution in [2.24, 2.45) is 0 Å². The lowest BCUT2D eigenvalue weighted by molar-refractivity contribution is -0.143. The highest BCUT2D eigenvalue weighted by atomic mass is 35.5. The fourth-order valence-corrected chi connectivity index (χ4v) is 1.92. The van der Waals surface area contributed by atoms with Crippen LogP contribution >= 0.6 is 11.6 Å². The highest BCUT2D eigenvalue weighted by Crippen LogP contribution is 2.21. The fraction of sp³-hybridized carbons (Fsp3) is 0.200. The summed E-state index contributed by atoms with van der Waals surface area (Å²) in [5.41, 5.74) is 0.612. The van der Waals surface area contributed by atoms with Gasteiger partial charge in [0.05, 0.1) is 12.8 Å². The first kappa shape index (κ1) is 14.3. The number of rotatable bonds is 5. The van der Waals surface area contributed by atoms with Gasteiger partial charge in [0.15, 0.2) is 0 Å². The second kappa shape index (κ2) is 6.91. The molecule has 104 valence electrons. The molecule has 1 heterocycles. The van der Waals surface area contributed by atoms with E-state index in [-0.39, 0.29) is 12.6 Å². The Kier molecular flexibility index (Phi) is 4.96. The molecule has 5 heteroatoms. The summed E-state index contributed by atoms with van der Waals surface area (Å²) in [5, 5.41) is 0.579. The number of aromatic nitrogens is 1. The highest BCUT2D eigenvalue weighted by molar-refractivity contribution is 6.30. The molecule has 1 unspecified atom stereocenters. The van der Waals surface area contributed by atoms with Gasteiger partial charge in [0.1, 0.15) is 18.3 Å². The van der Waals surface area contributed by atoms with Gasteiger partial charge >= 0.3 is 5.97 Å². The van der Waals surface area contributed by atoms with Gasteiger partial charge in [0, 0.05) is 11.2 Å². The molecule has 1 aromatic carbocycles. The van der Waals surface area contributed by atoms with E-state index in [2.05, 4.69) is 4.98 Å². The molecule has 0 bridgehead atoms. The summed E-state index contributed by atoms with van der Waals surface area (Å²) in [6.45, 7) is 0.143. The Balaban J connectivity index is 2.11. The molecule has 0 saturated carbocycles. The van der Waals surface area contributed by atoms with Crippen molar-refractivity contribution in [2.75, 3.05) is 13.7 Å². The maximum atomic E-state index is 11.8. The Morgan fingerprint density at radius 1 is 1.30 bits per heavy atom. The summed E-state index contributed by atoms with van der Waals surface area (Å²) < 4.78 is 10.4. The molecule has 0 saturated heterocycles. The smallest absolute Gasteiger partial charge is 0.318 e. The van der Waals surface area contributed by atoms with Crippen molar-refractivity contribution in [1.29, 1.82) is 0 Å². The van der Waals surface area contributed by atoms with Crippen molar-refractivity contribution in [3.05, 3.63) is 59.4 Å². The van der Waals surface area contributed by atoms with Crippen molar-refractivity contribution in [3.63, 3.8) is 0 Å². The van der Waals surface area contributed by atoms with Crippen molar-refractivity contribution in [1.82, 2.24) is 4.98 Å². The number of carbonyl (C=O) groups is 1. The Hall–Kier alpha value is -2.07. The maximum Gasteiger partial charge on any atom is 0.318 e. The molecule has 0 aliphatic rings. The van der Waals surface area contributed by atoms with E-state index in [9.17, 15) is 4.79 Å². The summed E-state index contributed by atoms with van der Waals surface area (Å²) in [6, 6.07) is 12.4. The predicted molar refractivity (Wildman–Crippen MR) is 75.9 cm³/mol. The van der Waals surface area contributed by atoms with Crippen LogP contribution in [0.25, 0.3) is 0 Å². The highest BCUT2D eigenvalue weighted by Gasteiger charge is 2.23. The third-order valence-corrected chi connectivity index (χ3v) is 2.98. The van der Waals surface area contributed by atoms with Gasteiger partial charge in [-0.15, -0.1) is 0 Å². The molecule has 0 amide bonds. The molecule has 0 aliphatic heterocycles. The Morgan fingerprint density at radius 3 is 2.80 bits per heavy atom. The molecule has 2 aromatic rings. The first-order chi connectivity index (χ1) is 9.70. The van der Waals surface area contributed by atoms with Crippen molar-refractivity contribution >= 4 is 17.6 Å². The Bertz CT molecular complexity index is 574. The fourth-order valence-electron chi connectivity index (χ4n) is 1.73. The number of nitrogens with zero attached hydrogens (tertiary/aromatic N) is 1. The Morgan fingerprint density at radius 2 is 2.15 bits per heavy atom. The lowest BCUT2D eigenvalue weighted by atomic mass is 10.1.